The van der Waals surface area contributed by atoms with Crippen molar-refractivity contribution < 1.29 is 9.53 Å². The maximum atomic E-state index is 11.8. The lowest BCUT2D eigenvalue weighted by Crippen LogP contribution is -2.41. The minimum atomic E-state index is -0.113. The summed E-state index contributed by atoms with van der Waals surface area (Å²) in [5, 5.41) is 5.40. The first-order valence-electron chi connectivity index (χ1n) is 7.82. The van der Waals surface area contributed by atoms with Crippen LogP contribution < -0.4 is 4.90 Å². The summed E-state index contributed by atoms with van der Waals surface area (Å²) in [5.41, 5.74) is 1.94. The fraction of sp³-hybridized carbons (Fsp3) is 0.667. The summed E-state index contributed by atoms with van der Waals surface area (Å²) in [6.07, 6.45) is 3.77. The lowest BCUT2D eigenvalue weighted by molar-refractivity contribution is -0.143. The average Bonchev–Trinajstić information content (AvgIpc) is 3.02. The smallest absolute Gasteiger partial charge is 0.307 e. The van der Waals surface area contributed by atoms with Crippen molar-refractivity contribution in [1.82, 2.24) is 14.8 Å². The van der Waals surface area contributed by atoms with Gasteiger partial charge in [-0.25, -0.2) is 9.67 Å². The van der Waals surface area contributed by atoms with Gasteiger partial charge >= 0.3 is 5.97 Å². The number of aryl methyl sites for hydroxylation is 2. The first-order valence-corrected chi connectivity index (χ1v) is 8.64. The Bertz CT molecular complexity index is 644. The van der Waals surface area contributed by atoms with E-state index in [0.29, 0.717) is 13.0 Å². The summed E-state index contributed by atoms with van der Waals surface area (Å²) in [6.45, 7) is 5.25. The van der Waals surface area contributed by atoms with Crippen molar-refractivity contribution >= 4 is 32.8 Å². The van der Waals surface area contributed by atoms with Gasteiger partial charge in [0.1, 0.15) is 0 Å². The van der Waals surface area contributed by atoms with E-state index in [0.717, 1.165) is 47.0 Å². The number of carbonyl (C=O) groups is 1. The summed E-state index contributed by atoms with van der Waals surface area (Å²) < 4.78 is 8.08. The quantitative estimate of drug-likeness (QED) is 0.810. The van der Waals surface area contributed by atoms with Crippen LogP contribution in [0.2, 0.25) is 0 Å². The van der Waals surface area contributed by atoms with Gasteiger partial charge in [0.15, 0.2) is 10.8 Å². The molecule has 2 aromatic rings. The van der Waals surface area contributed by atoms with Gasteiger partial charge in [0.2, 0.25) is 0 Å². The van der Waals surface area contributed by atoms with Crippen LogP contribution >= 0.6 is 11.3 Å². The van der Waals surface area contributed by atoms with E-state index in [1.807, 2.05) is 25.6 Å². The van der Waals surface area contributed by atoms with Gasteiger partial charge in [-0.1, -0.05) is 11.3 Å². The molecule has 0 unspecified atom stereocenters. The van der Waals surface area contributed by atoms with Crippen molar-refractivity contribution in [3.05, 3.63) is 5.69 Å². The number of carbonyl (C=O) groups excluding carboxylic acids is 1. The normalized spacial score (nSPS) is 18.9. The van der Waals surface area contributed by atoms with Gasteiger partial charge in [0, 0.05) is 19.6 Å². The standard InChI is InChI=1S/C15H22N4O2S/c1-4-21-12(20)9-11-7-5-6-8-19(11)15-16-14-13(22-15)10(2)17-18(14)3/h11H,4-9H2,1-3H3/t11-/m0/s1. The van der Waals surface area contributed by atoms with Gasteiger partial charge in [-0.05, 0) is 33.1 Å². The molecule has 2 aromatic heterocycles. The second kappa shape index (κ2) is 6.24. The molecule has 0 aromatic carbocycles. The third-order valence-electron chi connectivity index (χ3n) is 4.11. The second-order valence-corrected chi connectivity index (χ2v) is 6.69. The lowest BCUT2D eigenvalue weighted by Gasteiger charge is -2.35. The minimum Gasteiger partial charge on any atom is -0.466 e. The molecule has 22 heavy (non-hydrogen) atoms. The van der Waals surface area contributed by atoms with Gasteiger partial charge in [-0.3, -0.25) is 4.79 Å². The topological polar surface area (TPSA) is 60.2 Å². The summed E-state index contributed by atoms with van der Waals surface area (Å²) >= 11 is 1.67. The highest BCUT2D eigenvalue weighted by Crippen LogP contribution is 2.34. The number of rotatable bonds is 4. The Morgan fingerprint density at radius 1 is 1.45 bits per heavy atom. The maximum absolute atomic E-state index is 11.8. The summed E-state index contributed by atoms with van der Waals surface area (Å²) in [6, 6.07) is 0.196. The number of ether oxygens (including phenoxy) is 1. The molecule has 0 N–H and O–H groups in total. The zero-order valence-corrected chi connectivity index (χ0v) is 14.2. The Kier molecular flexibility index (Phi) is 4.33. The van der Waals surface area contributed by atoms with Crippen LogP contribution in [-0.2, 0) is 16.6 Å². The number of anilines is 1. The fourth-order valence-electron chi connectivity index (χ4n) is 3.07. The summed E-state index contributed by atoms with van der Waals surface area (Å²) in [7, 11) is 1.92. The van der Waals surface area contributed by atoms with Gasteiger partial charge < -0.3 is 9.64 Å². The van der Waals surface area contributed by atoms with E-state index in [9.17, 15) is 4.79 Å². The molecule has 1 saturated heterocycles. The van der Waals surface area contributed by atoms with Crippen LogP contribution in [0.25, 0.3) is 10.3 Å². The number of hydrogen-bond donors (Lipinski definition) is 0. The Balaban J connectivity index is 1.85. The molecule has 0 radical (unpaired) electrons. The van der Waals surface area contributed by atoms with Crippen molar-refractivity contribution in [2.75, 3.05) is 18.1 Å². The molecule has 0 bridgehead atoms. The highest BCUT2D eigenvalue weighted by molar-refractivity contribution is 7.22. The van der Waals surface area contributed by atoms with Crippen molar-refractivity contribution in [3.63, 3.8) is 0 Å². The maximum Gasteiger partial charge on any atom is 0.307 e. The summed E-state index contributed by atoms with van der Waals surface area (Å²) in [4.78, 5) is 18.9. The molecule has 3 heterocycles. The Morgan fingerprint density at radius 2 is 2.27 bits per heavy atom. The van der Waals surface area contributed by atoms with Crippen LogP contribution in [0.5, 0.6) is 0 Å². The van der Waals surface area contributed by atoms with Gasteiger partial charge in [0.05, 0.1) is 23.4 Å². The predicted molar refractivity (Wildman–Crippen MR) is 87.4 cm³/mol. The van der Waals surface area contributed by atoms with Crippen LogP contribution in [0.1, 0.15) is 38.3 Å². The predicted octanol–water partition coefficient (Wildman–Crippen LogP) is 2.65. The van der Waals surface area contributed by atoms with Crippen molar-refractivity contribution in [3.8, 4) is 0 Å². The monoisotopic (exact) mass is 322 g/mol. The zero-order valence-electron chi connectivity index (χ0n) is 13.3. The molecule has 1 aliphatic heterocycles. The largest absolute Gasteiger partial charge is 0.466 e. The molecule has 0 spiro atoms. The van der Waals surface area contributed by atoms with Crippen molar-refractivity contribution in [1.29, 1.82) is 0 Å². The van der Waals surface area contributed by atoms with Crippen LogP contribution in [0.3, 0.4) is 0 Å². The number of piperidine rings is 1. The Morgan fingerprint density at radius 3 is 3.00 bits per heavy atom. The fourth-order valence-corrected chi connectivity index (χ4v) is 4.20. The van der Waals surface area contributed by atoms with Gasteiger partial charge in [0.25, 0.3) is 0 Å². The van der Waals surface area contributed by atoms with Crippen LogP contribution in [0, 0.1) is 6.92 Å². The third-order valence-corrected chi connectivity index (χ3v) is 5.30. The number of fused-ring (bicyclic) bond motifs is 1. The van der Waals surface area contributed by atoms with E-state index in [2.05, 4.69) is 10.00 Å². The number of thiazole rings is 1. The molecule has 7 heteroatoms. The first kappa shape index (κ1) is 15.3. The van der Waals surface area contributed by atoms with E-state index in [-0.39, 0.29) is 12.0 Å². The first-order chi connectivity index (χ1) is 10.6. The number of hydrogen-bond acceptors (Lipinski definition) is 6. The molecule has 0 saturated carbocycles. The Labute approximate surface area is 134 Å². The molecule has 6 nitrogen and oxygen atoms in total. The second-order valence-electron chi connectivity index (χ2n) is 5.71. The minimum absolute atomic E-state index is 0.113. The molecule has 0 aliphatic carbocycles. The molecule has 3 rings (SSSR count). The number of aromatic nitrogens is 3. The van der Waals surface area contributed by atoms with E-state index in [1.165, 1.54) is 0 Å². The van der Waals surface area contributed by atoms with E-state index < -0.39 is 0 Å². The van der Waals surface area contributed by atoms with Crippen molar-refractivity contribution in [2.45, 2.75) is 45.6 Å². The van der Waals surface area contributed by atoms with E-state index >= 15 is 0 Å². The highest BCUT2D eigenvalue weighted by Gasteiger charge is 2.28. The van der Waals surface area contributed by atoms with Gasteiger partial charge in [-0.2, -0.15) is 5.10 Å². The van der Waals surface area contributed by atoms with Crippen LogP contribution in [-0.4, -0.2) is 39.9 Å². The van der Waals surface area contributed by atoms with Crippen LogP contribution in [0.15, 0.2) is 0 Å². The average molecular weight is 322 g/mol. The van der Waals surface area contributed by atoms with Gasteiger partial charge in [-0.15, -0.1) is 0 Å². The van der Waals surface area contributed by atoms with E-state index in [4.69, 9.17) is 9.72 Å². The molecule has 1 fully saturated rings. The third kappa shape index (κ3) is 2.82. The lowest BCUT2D eigenvalue weighted by atomic mass is 10.00. The zero-order chi connectivity index (χ0) is 15.7. The number of nitrogens with zero attached hydrogens (tertiary/aromatic N) is 4. The highest BCUT2D eigenvalue weighted by atomic mass is 32.1. The SMILES string of the molecule is CCOC(=O)C[C@@H]1CCCCN1c1nc2c(s1)c(C)nn2C. The molecular weight excluding hydrogens is 300 g/mol. The molecule has 1 atom stereocenters. The Hall–Kier alpha value is -1.63. The summed E-state index contributed by atoms with van der Waals surface area (Å²) in [5.74, 6) is -0.113. The molecule has 120 valence electrons. The van der Waals surface area contributed by atoms with Crippen LogP contribution in [0.4, 0.5) is 5.13 Å². The molecular formula is C15H22N4O2S. The van der Waals surface area contributed by atoms with E-state index in [1.54, 1.807) is 11.3 Å². The number of esters is 1. The van der Waals surface area contributed by atoms with Crippen molar-refractivity contribution in [2.24, 2.45) is 7.05 Å². The molecule has 1 aliphatic rings. The molecule has 0 amide bonds.